The van der Waals surface area contributed by atoms with Gasteiger partial charge in [-0.05, 0) is 43.5 Å². The molecular weight excluding hydrogens is 425 g/mol. The number of nitrogens with one attached hydrogen (secondary N) is 1. The van der Waals surface area contributed by atoms with Crippen LogP contribution in [0.4, 0.5) is 10.1 Å². The second-order valence-corrected chi connectivity index (χ2v) is 10.8. The van der Waals surface area contributed by atoms with E-state index >= 15 is 0 Å². The number of benzene rings is 1. The molecule has 1 N–H and O–H groups in total. The van der Waals surface area contributed by atoms with Crippen LogP contribution in [0.1, 0.15) is 25.7 Å². The summed E-state index contributed by atoms with van der Waals surface area (Å²) in [5.74, 6) is -1.38. The maximum absolute atomic E-state index is 13.1. The highest BCUT2D eigenvalue weighted by molar-refractivity contribution is 7.91. The van der Waals surface area contributed by atoms with Crippen molar-refractivity contribution in [3.05, 3.63) is 30.1 Å². The third-order valence-corrected chi connectivity index (χ3v) is 8.14. The van der Waals surface area contributed by atoms with Crippen molar-refractivity contribution in [2.24, 2.45) is 11.8 Å². The third kappa shape index (κ3) is 4.89. The van der Waals surface area contributed by atoms with E-state index in [1.54, 1.807) is 4.90 Å². The van der Waals surface area contributed by atoms with E-state index in [1.807, 2.05) is 0 Å². The third-order valence-electron chi connectivity index (χ3n) is 6.37. The van der Waals surface area contributed by atoms with E-state index in [2.05, 4.69) is 5.32 Å². The molecule has 3 fully saturated rings. The highest BCUT2D eigenvalue weighted by Gasteiger charge is 2.39. The molecule has 0 spiro atoms. The average Bonchev–Trinajstić information content (AvgIpc) is 3.29. The van der Waals surface area contributed by atoms with Gasteiger partial charge in [-0.15, -0.1) is 0 Å². The maximum Gasteiger partial charge on any atom is 0.228 e. The van der Waals surface area contributed by atoms with Gasteiger partial charge < -0.3 is 15.1 Å². The van der Waals surface area contributed by atoms with Gasteiger partial charge in [0.25, 0.3) is 0 Å². The lowest BCUT2D eigenvalue weighted by molar-refractivity contribution is -0.139. The molecule has 3 amide bonds. The molecule has 1 aromatic rings. The van der Waals surface area contributed by atoms with Crippen LogP contribution < -0.4 is 10.2 Å². The van der Waals surface area contributed by atoms with Crippen LogP contribution in [0.2, 0.25) is 0 Å². The molecule has 0 saturated carbocycles. The molecule has 0 aliphatic carbocycles. The summed E-state index contributed by atoms with van der Waals surface area (Å²) in [7, 11) is -3.05. The van der Waals surface area contributed by atoms with Crippen molar-refractivity contribution >= 4 is 33.2 Å². The Kier molecular flexibility index (Phi) is 6.00. The Morgan fingerprint density at radius 3 is 2.32 bits per heavy atom. The van der Waals surface area contributed by atoms with Crippen molar-refractivity contribution in [1.29, 1.82) is 0 Å². The second kappa shape index (κ2) is 8.57. The number of nitrogens with zero attached hydrogens (tertiary/aromatic N) is 2. The monoisotopic (exact) mass is 451 g/mol. The van der Waals surface area contributed by atoms with E-state index < -0.39 is 15.8 Å². The number of rotatable bonds is 4. The van der Waals surface area contributed by atoms with Gasteiger partial charge in [-0.2, -0.15) is 0 Å². The molecule has 0 radical (unpaired) electrons. The van der Waals surface area contributed by atoms with E-state index in [9.17, 15) is 27.2 Å². The Labute approximate surface area is 180 Å². The lowest BCUT2D eigenvalue weighted by Crippen LogP contribution is -2.47. The first-order chi connectivity index (χ1) is 14.7. The standard InChI is InChI=1S/C21H26FN3O5S/c22-16-1-3-18(4-2-16)25-12-15(11-19(25)26)21(28)24-8-5-14(6-9-24)20(27)23-17-7-10-31(29,30)13-17/h1-4,14-15,17H,5-13H2,(H,23,27). The Bertz CT molecular complexity index is 973. The summed E-state index contributed by atoms with van der Waals surface area (Å²) in [5.41, 5.74) is 0.575. The summed E-state index contributed by atoms with van der Waals surface area (Å²) in [5, 5.41) is 2.84. The molecule has 2 unspecified atom stereocenters. The number of anilines is 1. The minimum absolute atomic E-state index is 0.00364. The number of amides is 3. The van der Waals surface area contributed by atoms with E-state index in [0.29, 0.717) is 38.0 Å². The Morgan fingerprint density at radius 2 is 1.71 bits per heavy atom. The van der Waals surface area contributed by atoms with Crippen molar-refractivity contribution in [3.63, 3.8) is 0 Å². The predicted molar refractivity (Wildman–Crippen MR) is 111 cm³/mol. The van der Waals surface area contributed by atoms with Crippen molar-refractivity contribution < 1.29 is 27.2 Å². The summed E-state index contributed by atoms with van der Waals surface area (Å²) in [4.78, 5) is 41.0. The number of sulfone groups is 1. The molecule has 1 aromatic carbocycles. The first kappa shape index (κ1) is 21.7. The fourth-order valence-electron chi connectivity index (χ4n) is 4.59. The minimum atomic E-state index is -3.05. The van der Waals surface area contributed by atoms with E-state index in [1.165, 1.54) is 29.2 Å². The zero-order chi connectivity index (χ0) is 22.2. The Hall–Kier alpha value is -2.49. The summed E-state index contributed by atoms with van der Waals surface area (Å²) in [6.45, 7) is 1.13. The fourth-order valence-corrected chi connectivity index (χ4v) is 6.27. The van der Waals surface area contributed by atoms with E-state index in [0.717, 1.165) is 0 Å². The molecule has 10 heteroatoms. The van der Waals surface area contributed by atoms with Crippen molar-refractivity contribution in [2.75, 3.05) is 36.0 Å². The van der Waals surface area contributed by atoms with Crippen LogP contribution in [0.3, 0.4) is 0 Å². The Morgan fingerprint density at radius 1 is 1.03 bits per heavy atom. The van der Waals surface area contributed by atoms with Crippen LogP contribution in [-0.4, -0.2) is 68.2 Å². The van der Waals surface area contributed by atoms with Gasteiger partial charge in [0.15, 0.2) is 9.84 Å². The molecule has 4 rings (SSSR count). The molecule has 168 valence electrons. The normalized spacial score (nSPS) is 26.3. The Balaban J connectivity index is 1.28. The highest BCUT2D eigenvalue weighted by Crippen LogP contribution is 2.28. The molecule has 3 aliphatic rings. The summed E-state index contributed by atoms with van der Waals surface area (Å²) in [6.07, 6.45) is 1.59. The predicted octanol–water partition coefficient (Wildman–Crippen LogP) is 0.720. The van der Waals surface area contributed by atoms with Gasteiger partial charge >= 0.3 is 0 Å². The molecule has 3 aliphatic heterocycles. The van der Waals surface area contributed by atoms with Gasteiger partial charge in [-0.1, -0.05) is 0 Å². The fraction of sp³-hybridized carbons (Fsp3) is 0.571. The van der Waals surface area contributed by atoms with Gasteiger partial charge in [-0.25, -0.2) is 12.8 Å². The zero-order valence-electron chi connectivity index (χ0n) is 17.1. The molecule has 0 bridgehead atoms. The van der Waals surface area contributed by atoms with Crippen LogP contribution >= 0.6 is 0 Å². The van der Waals surface area contributed by atoms with Gasteiger partial charge in [0.05, 0.1) is 17.4 Å². The molecular formula is C21H26FN3O5S. The summed E-state index contributed by atoms with van der Waals surface area (Å²) in [6, 6.07) is 5.31. The van der Waals surface area contributed by atoms with Gasteiger partial charge in [-0.3, -0.25) is 14.4 Å². The number of carbonyl (C=O) groups excluding carboxylic acids is 3. The van der Waals surface area contributed by atoms with Gasteiger partial charge in [0.1, 0.15) is 5.82 Å². The van der Waals surface area contributed by atoms with Crippen LogP contribution in [0.5, 0.6) is 0 Å². The first-order valence-electron chi connectivity index (χ1n) is 10.6. The summed E-state index contributed by atoms with van der Waals surface area (Å²) >= 11 is 0. The number of carbonyl (C=O) groups is 3. The van der Waals surface area contributed by atoms with E-state index in [4.69, 9.17) is 0 Å². The van der Waals surface area contributed by atoms with E-state index in [-0.39, 0.29) is 60.0 Å². The molecule has 2 atom stereocenters. The van der Waals surface area contributed by atoms with Crippen LogP contribution in [0.15, 0.2) is 24.3 Å². The molecule has 0 aromatic heterocycles. The molecule has 8 nitrogen and oxygen atoms in total. The minimum Gasteiger partial charge on any atom is -0.352 e. The quantitative estimate of drug-likeness (QED) is 0.727. The van der Waals surface area contributed by atoms with Crippen LogP contribution in [0.25, 0.3) is 0 Å². The van der Waals surface area contributed by atoms with Crippen molar-refractivity contribution in [2.45, 2.75) is 31.7 Å². The van der Waals surface area contributed by atoms with Crippen molar-refractivity contribution in [1.82, 2.24) is 10.2 Å². The highest BCUT2D eigenvalue weighted by atomic mass is 32.2. The number of halogens is 1. The SMILES string of the molecule is O=C(NC1CCS(=O)(=O)C1)C1CCN(C(=O)C2CC(=O)N(c3ccc(F)cc3)C2)CC1. The number of hydrogen-bond donors (Lipinski definition) is 1. The number of hydrogen-bond acceptors (Lipinski definition) is 5. The topological polar surface area (TPSA) is 104 Å². The summed E-state index contributed by atoms with van der Waals surface area (Å²) < 4.78 is 36.2. The number of piperidine rings is 1. The maximum atomic E-state index is 13.1. The molecule has 3 saturated heterocycles. The first-order valence-corrected chi connectivity index (χ1v) is 12.4. The van der Waals surface area contributed by atoms with Crippen molar-refractivity contribution in [3.8, 4) is 0 Å². The lowest BCUT2D eigenvalue weighted by atomic mass is 9.94. The van der Waals surface area contributed by atoms with Gasteiger partial charge in [0, 0.05) is 43.7 Å². The largest absolute Gasteiger partial charge is 0.352 e. The van der Waals surface area contributed by atoms with Gasteiger partial charge in [0.2, 0.25) is 17.7 Å². The lowest BCUT2D eigenvalue weighted by Gasteiger charge is -2.33. The smallest absolute Gasteiger partial charge is 0.228 e. The van der Waals surface area contributed by atoms with Crippen LogP contribution in [-0.2, 0) is 24.2 Å². The molecule has 3 heterocycles. The second-order valence-electron chi connectivity index (χ2n) is 8.59. The van der Waals surface area contributed by atoms with Crippen LogP contribution in [0, 0.1) is 17.7 Å². The molecule has 31 heavy (non-hydrogen) atoms. The average molecular weight is 452 g/mol. The zero-order valence-corrected chi connectivity index (χ0v) is 17.9. The number of likely N-dealkylation sites (tertiary alicyclic amines) is 1.